The van der Waals surface area contributed by atoms with Gasteiger partial charge in [0.1, 0.15) is 0 Å². The maximum absolute atomic E-state index is 11.7. The summed E-state index contributed by atoms with van der Waals surface area (Å²) in [6.07, 6.45) is 7.68. The van der Waals surface area contributed by atoms with Gasteiger partial charge in [-0.25, -0.2) is 0 Å². The minimum absolute atomic E-state index is 0.0673. The molecular formula is C29H60N4O4. The van der Waals surface area contributed by atoms with E-state index < -0.39 is 0 Å². The number of carbonyl (C=O) groups is 2. The van der Waals surface area contributed by atoms with Crippen molar-refractivity contribution in [3.63, 3.8) is 0 Å². The third-order valence-electron chi connectivity index (χ3n) is 5.85. The van der Waals surface area contributed by atoms with Gasteiger partial charge in [0, 0.05) is 52.1 Å². The van der Waals surface area contributed by atoms with Crippen molar-refractivity contribution < 1.29 is 19.1 Å². The highest BCUT2D eigenvalue weighted by Gasteiger charge is 2.12. The Morgan fingerprint density at radius 1 is 0.486 bits per heavy atom. The van der Waals surface area contributed by atoms with Crippen molar-refractivity contribution in [3.05, 3.63) is 0 Å². The summed E-state index contributed by atoms with van der Waals surface area (Å²) in [6, 6.07) is 0. The number of hydrogen-bond acceptors (Lipinski definition) is 8. The molecule has 37 heavy (non-hydrogen) atoms. The van der Waals surface area contributed by atoms with Gasteiger partial charge in [0.15, 0.2) is 0 Å². The Morgan fingerprint density at radius 3 is 1.27 bits per heavy atom. The van der Waals surface area contributed by atoms with Crippen LogP contribution in [-0.4, -0.2) is 77.5 Å². The maximum Gasteiger partial charge on any atom is 0.305 e. The first-order valence-electron chi connectivity index (χ1n) is 14.6. The van der Waals surface area contributed by atoms with E-state index in [4.69, 9.17) is 9.47 Å². The van der Waals surface area contributed by atoms with Gasteiger partial charge in [0.2, 0.25) is 0 Å². The van der Waals surface area contributed by atoms with Crippen molar-refractivity contribution in [2.45, 2.75) is 99.3 Å². The molecule has 0 rings (SSSR count). The Kier molecular flexibility index (Phi) is 22.0. The van der Waals surface area contributed by atoms with Crippen molar-refractivity contribution in [1.82, 2.24) is 21.3 Å². The number of rotatable bonds is 24. The smallest absolute Gasteiger partial charge is 0.305 e. The van der Waals surface area contributed by atoms with Crippen LogP contribution in [0.15, 0.2) is 0 Å². The van der Waals surface area contributed by atoms with Gasteiger partial charge >= 0.3 is 11.9 Å². The molecule has 0 saturated carbocycles. The zero-order chi connectivity index (χ0) is 27.8. The number of hydrogen-bond donors (Lipinski definition) is 4. The van der Waals surface area contributed by atoms with Crippen LogP contribution in [0, 0.1) is 10.8 Å². The lowest BCUT2D eigenvalue weighted by Crippen LogP contribution is -2.35. The molecule has 8 nitrogen and oxygen atoms in total. The van der Waals surface area contributed by atoms with Gasteiger partial charge < -0.3 is 30.7 Å². The second-order valence-corrected chi connectivity index (χ2v) is 12.3. The first-order valence-corrected chi connectivity index (χ1v) is 14.6. The molecule has 0 aromatic carbocycles. The van der Waals surface area contributed by atoms with Crippen molar-refractivity contribution in [3.8, 4) is 0 Å². The zero-order valence-electron chi connectivity index (χ0n) is 25.1. The Balaban J connectivity index is 3.24. The number of esters is 2. The molecule has 0 aliphatic carbocycles. The average molecular weight is 529 g/mol. The Morgan fingerprint density at radius 2 is 0.865 bits per heavy atom. The third-order valence-corrected chi connectivity index (χ3v) is 5.85. The van der Waals surface area contributed by atoms with Crippen LogP contribution in [-0.2, 0) is 19.1 Å². The number of unbranched alkanes of at least 4 members (excludes halogenated alkanes) is 2. The first-order chi connectivity index (χ1) is 17.5. The van der Waals surface area contributed by atoms with Crippen molar-refractivity contribution in [2.75, 3.05) is 65.6 Å². The van der Waals surface area contributed by atoms with Gasteiger partial charge in [0.05, 0.1) is 13.2 Å². The molecule has 0 saturated heterocycles. The molecule has 4 N–H and O–H groups in total. The molecule has 0 bridgehead atoms. The fourth-order valence-corrected chi connectivity index (χ4v) is 3.47. The van der Waals surface area contributed by atoms with Crippen LogP contribution in [0.1, 0.15) is 99.3 Å². The van der Waals surface area contributed by atoms with Gasteiger partial charge in [-0.05, 0) is 68.9 Å². The van der Waals surface area contributed by atoms with Gasteiger partial charge in [-0.1, -0.05) is 41.5 Å². The minimum atomic E-state index is -0.0759. The molecule has 0 aliphatic rings. The average Bonchev–Trinajstić information content (AvgIpc) is 2.79. The molecular weight excluding hydrogens is 468 g/mol. The van der Waals surface area contributed by atoms with Crippen LogP contribution in [0.3, 0.4) is 0 Å². The van der Waals surface area contributed by atoms with Crippen molar-refractivity contribution in [1.29, 1.82) is 0 Å². The lowest BCUT2D eigenvalue weighted by molar-refractivity contribution is -0.145. The second kappa shape index (κ2) is 22.7. The summed E-state index contributed by atoms with van der Waals surface area (Å²) in [5, 5.41) is 13.7. The lowest BCUT2D eigenvalue weighted by Gasteiger charge is -2.17. The van der Waals surface area contributed by atoms with Gasteiger partial charge in [-0.2, -0.15) is 0 Å². The topological polar surface area (TPSA) is 101 Å². The summed E-state index contributed by atoms with van der Waals surface area (Å²) < 4.78 is 10.6. The normalized spacial score (nSPS) is 12.1. The molecule has 220 valence electrons. The standard InChI is InChI=1S/C29H60N4O4/c1-28(2,3)14-11-24-36-26(34)12-7-9-16-30-18-20-32-22-23-33-21-19-31-17-10-8-13-27(35)37-25-15-29(4,5)6/h30-33H,7-25H2,1-6H3. The Bertz CT molecular complexity index is 559. The Hall–Kier alpha value is -1.22. The van der Waals surface area contributed by atoms with Crippen molar-refractivity contribution in [2.24, 2.45) is 10.8 Å². The highest BCUT2D eigenvalue weighted by atomic mass is 16.5. The second-order valence-electron chi connectivity index (χ2n) is 12.3. The largest absolute Gasteiger partial charge is 0.466 e. The fourth-order valence-electron chi connectivity index (χ4n) is 3.47. The summed E-state index contributed by atoms with van der Waals surface area (Å²) in [5.41, 5.74) is 0.505. The van der Waals surface area contributed by atoms with E-state index in [0.29, 0.717) is 31.5 Å². The van der Waals surface area contributed by atoms with Gasteiger partial charge in [0.25, 0.3) is 0 Å². The summed E-state index contributed by atoms with van der Waals surface area (Å²) in [6.45, 7) is 21.6. The van der Waals surface area contributed by atoms with E-state index in [1.165, 1.54) is 0 Å². The highest BCUT2D eigenvalue weighted by Crippen LogP contribution is 2.20. The van der Waals surface area contributed by atoms with E-state index in [1.54, 1.807) is 0 Å². The predicted molar refractivity (Wildman–Crippen MR) is 154 cm³/mol. The molecule has 0 aromatic rings. The summed E-state index contributed by atoms with van der Waals surface area (Å²) >= 11 is 0. The zero-order valence-corrected chi connectivity index (χ0v) is 25.1. The first kappa shape index (κ1) is 35.8. The molecule has 0 heterocycles. The number of ether oxygens (including phenoxy) is 2. The molecule has 0 unspecified atom stereocenters. The summed E-state index contributed by atoms with van der Waals surface area (Å²) in [5.74, 6) is -0.143. The monoisotopic (exact) mass is 528 g/mol. The molecule has 0 aromatic heterocycles. The van der Waals surface area contributed by atoms with E-state index >= 15 is 0 Å². The predicted octanol–water partition coefficient (Wildman–Crippen LogP) is 4.03. The molecule has 0 fully saturated rings. The van der Waals surface area contributed by atoms with Crippen LogP contribution in [0.5, 0.6) is 0 Å². The molecule has 0 amide bonds. The van der Waals surface area contributed by atoms with Gasteiger partial charge in [-0.3, -0.25) is 9.59 Å². The van der Waals surface area contributed by atoms with Crippen LogP contribution in [0.25, 0.3) is 0 Å². The van der Waals surface area contributed by atoms with Crippen LogP contribution < -0.4 is 21.3 Å². The molecule has 0 radical (unpaired) electrons. The quantitative estimate of drug-likeness (QED) is 0.110. The van der Waals surface area contributed by atoms with E-state index in [-0.39, 0.29) is 17.4 Å². The number of carbonyl (C=O) groups excluding carboxylic acids is 2. The third kappa shape index (κ3) is 30.9. The Labute approximate surface area is 228 Å². The highest BCUT2D eigenvalue weighted by molar-refractivity contribution is 5.69. The summed E-state index contributed by atoms with van der Waals surface area (Å²) in [4.78, 5) is 23.4. The van der Waals surface area contributed by atoms with Crippen molar-refractivity contribution >= 4 is 11.9 Å². The lowest BCUT2D eigenvalue weighted by atomic mass is 9.91. The molecule has 0 aliphatic heterocycles. The fraction of sp³-hybridized carbons (Fsp3) is 0.931. The van der Waals surface area contributed by atoms with Crippen LogP contribution in [0.2, 0.25) is 0 Å². The van der Waals surface area contributed by atoms with Crippen LogP contribution in [0.4, 0.5) is 0 Å². The maximum atomic E-state index is 11.7. The van der Waals surface area contributed by atoms with Gasteiger partial charge in [-0.15, -0.1) is 0 Å². The van der Waals surface area contributed by atoms with E-state index in [1.807, 2.05) is 0 Å². The number of nitrogens with one attached hydrogen (secondary N) is 4. The molecule has 0 spiro atoms. The van der Waals surface area contributed by atoms with E-state index in [2.05, 4.69) is 62.8 Å². The molecule has 0 atom stereocenters. The SMILES string of the molecule is CC(C)(C)CCCOC(=O)CCCCNCCNCCNCCNCCCCC(=O)OCCC(C)(C)C. The minimum Gasteiger partial charge on any atom is -0.466 e. The van der Waals surface area contributed by atoms with Crippen LogP contribution >= 0.6 is 0 Å². The van der Waals surface area contributed by atoms with E-state index in [0.717, 1.165) is 97.3 Å². The van der Waals surface area contributed by atoms with E-state index in [9.17, 15) is 9.59 Å². The molecule has 8 heteroatoms. The summed E-state index contributed by atoms with van der Waals surface area (Å²) in [7, 11) is 0.